The summed E-state index contributed by atoms with van der Waals surface area (Å²) in [7, 11) is 3.11. The van der Waals surface area contributed by atoms with Crippen molar-refractivity contribution < 1.29 is 19.4 Å². The van der Waals surface area contributed by atoms with Crippen LogP contribution < -0.4 is 9.47 Å². The summed E-state index contributed by atoms with van der Waals surface area (Å²) >= 11 is 0. The topological polar surface area (TPSA) is 73.6 Å². The molecule has 6 heteroatoms. The van der Waals surface area contributed by atoms with Crippen molar-refractivity contribution in [3.8, 4) is 11.5 Å². The van der Waals surface area contributed by atoms with Crippen LogP contribution >= 0.6 is 0 Å². The average Bonchev–Trinajstić information content (AvgIpc) is 2.73. The van der Waals surface area contributed by atoms with Crippen LogP contribution in [0.4, 0.5) is 0 Å². The second kappa shape index (κ2) is 6.03. The Balaban J connectivity index is 2.64. The molecule has 0 aliphatic heterocycles. The number of methoxy groups -OCH3 is 2. The largest absolute Gasteiger partial charge is 0.493 e. The molecule has 0 saturated carbocycles. The smallest absolute Gasteiger partial charge is 0.323 e. The Morgan fingerprint density at radius 3 is 2.43 bits per heavy atom. The van der Waals surface area contributed by atoms with Gasteiger partial charge in [-0.3, -0.25) is 4.79 Å². The van der Waals surface area contributed by atoms with Gasteiger partial charge < -0.3 is 19.1 Å². The van der Waals surface area contributed by atoms with Crippen LogP contribution in [0.5, 0.6) is 11.5 Å². The number of ether oxygens (including phenoxy) is 2. The van der Waals surface area contributed by atoms with E-state index in [0.29, 0.717) is 29.4 Å². The SMILES string of the molecule is COc1cc2nc(CC(C)C)n(CC(=O)O)c2cc1OC. The van der Waals surface area contributed by atoms with Crippen molar-refractivity contribution in [3.05, 3.63) is 18.0 Å². The third-order valence-electron chi connectivity index (χ3n) is 3.22. The van der Waals surface area contributed by atoms with E-state index >= 15 is 0 Å². The van der Waals surface area contributed by atoms with Crippen molar-refractivity contribution in [2.24, 2.45) is 5.92 Å². The monoisotopic (exact) mass is 292 g/mol. The van der Waals surface area contributed by atoms with E-state index in [2.05, 4.69) is 18.8 Å². The van der Waals surface area contributed by atoms with Gasteiger partial charge in [0.15, 0.2) is 11.5 Å². The zero-order valence-corrected chi connectivity index (χ0v) is 12.7. The van der Waals surface area contributed by atoms with Crippen LogP contribution in [0, 0.1) is 5.92 Å². The lowest BCUT2D eigenvalue weighted by Crippen LogP contribution is -2.13. The number of hydrogen-bond donors (Lipinski definition) is 1. The molecule has 1 aromatic carbocycles. The van der Waals surface area contributed by atoms with Crippen LogP contribution in [0.2, 0.25) is 0 Å². The molecular weight excluding hydrogens is 272 g/mol. The second-order valence-electron chi connectivity index (χ2n) is 5.30. The molecule has 0 spiro atoms. The van der Waals surface area contributed by atoms with Gasteiger partial charge in [0.05, 0.1) is 25.3 Å². The Hall–Kier alpha value is -2.24. The van der Waals surface area contributed by atoms with Gasteiger partial charge in [-0.25, -0.2) is 4.98 Å². The van der Waals surface area contributed by atoms with E-state index in [0.717, 1.165) is 11.3 Å². The maximum absolute atomic E-state index is 11.1. The van der Waals surface area contributed by atoms with Crippen LogP contribution in [0.1, 0.15) is 19.7 Å². The Morgan fingerprint density at radius 2 is 1.90 bits per heavy atom. The van der Waals surface area contributed by atoms with Gasteiger partial charge in [0.25, 0.3) is 0 Å². The molecule has 21 heavy (non-hydrogen) atoms. The number of benzene rings is 1. The van der Waals surface area contributed by atoms with Crippen LogP contribution in [-0.4, -0.2) is 34.8 Å². The molecule has 6 nitrogen and oxygen atoms in total. The normalized spacial score (nSPS) is 11.1. The predicted octanol–water partition coefficient (Wildman–Crippen LogP) is 2.34. The number of aromatic nitrogens is 2. The number of imidazole rings is 1. The van der Waals surface area contributed by atoms with Crippen molar-refractivity contribution in [1.29, 1.82) is 0 Å². The van der Waals surface area contributed by atoms with Crippen LogP contribution in [0.3, 0.4) is 0 Å². The number of carboxylic acid groups (broad SMARTS) is 1. The molecule has 0 amide bonds. The quantitative estimate of drug-likeness (QED) is 0.884. The lowest BCUT2D eigenvalue weighted by Gasteiger charge is -2.10. The highest BCUT2D eigenvalue weighted by Gasteiger charge is 2.17. The molecule has 0 atom stereocenters. The summed E-state index contributed by atoms with van der Waals surface area (Å²) in [6.45, 7) is 4.03. The van der Waals surface area contributed by atoms with Gasteiger partial charge in [-0.1, -0.05) is 13.8 Å². The molecular formula is C15H20N2O4. The van der Waals surface area contributed by atoms with E-state index in [1.807, 2.05) is 0 Å². The fourth-order valence-corrected chi connectivity index (χ4v) is 2.33. The van der Waals surface area contributed by atoms with Gasteiger partial charge >= 0.3 is 5.97 Å². The number of aliphatic carboxylic acids is 1. The van der Waals surface area contributed by atoms with Crippen LogP contribution in [0.15, 0.2) is 12.1 Å². The van der Waals surface area contributed by atoms with Gasteiger partial charge in [0.1, 0.15) is 12.4 Å². The minimum absolute atomic E-state index is 0.117. The minimum Gasteiger partial charge on any atom is -0.493 e. The summed E-state index contributed by atoms with van der Waals surface area (Å²) in [5, 5.41) is 9.13. The van der Waals surface area contributed by atoms with Crippen molar-refractivity contribution in [2.45, 2.75) is 26.8 Å². The first-order valence-corrected chi connectivity index (χ1v) is 6.79. The molecule has 1 heterocycles. The van der Waals surface area contributed by atoms with E-state index in [1.54, 1.807) is 30.9 Å². The summed E-state index contributed by atoms with van der Waals surface area (Å²) in [5.41, 5.74) is 1.45. The standard InChI is InChI=1S/C15H20N2O4/c1-9(2)5-14-16-10-6-12(20-3)13(21-4)7-11(10)17(14)8-15(18)19/h6-7,9H,5,8H2,1-4H3,(H,18,19). The summed E-state index contributed by atoms with van der Waals surface area (Å²) in [6, 6.07) is 3.55. The van der Waals surface area contributed by atoms with E-state index < -0.39 is 5.97 Å². The molecule has 0 unspecified atom stereocenters. The molecule has 0 aliphatic carbocycles. The molecule has 0 bridgehead atoms. The summed E-state index contributed by atoms with van der Waals surface area (Å²) in [4.78, 5) is 15.7. The Labute approximate surface area is 123 Å². The molecule has 114 valence electrons. The fraction of sp³-hybridized carbons (Fsp3) is 0.467. The first kappa shape index (κ1) is 15.2. The third-order valence-corrected chi connectivity index (χ3v) is 3.22. The van der Waals surface area contributed by atoms with Crippen molar-refractivity contribution >= 4 is 17.0 Å². The first-order valence-electron chi connectivity index (χ1n) is 6.79. The van der Waals surface area contributed by atoms with Gasteiger partial charge in [0, 0.05) is 18.6 Å². The van der Waals surface area contributed by atoms with Crippen LogP contribution in [0.25, 0.3) is 11.0 Å². The number of hydrogen-bond acceptors (Lipinski definition) is 4. The van der Waals surface area contributed by atoms with Gasteiger partial charge in [-0.05, 0) is 5.92 Å². The highest BCUT2D eigenvalue weighted by Crippen LogP contribution is 2.32. The van der Waals surface area contributed by atoms with Gasteiger partial charge in [0.2, 0.25) is 0 Å². The average molecular weight is 292 g/mol. The fourth-order valence-electron chi connectivity index (χ4n) is 2.33. The molecule has 0 fully saturated rings. The third kappa shape index (κ3) is 3.09. The lowest BCUT2D eigenvalue weighted by atomic mass is 10.1. The van der Waals surface area contributed by atoms with Crippen molar-refractivity contribution in [1.82, 2.24) is 9.55 Å². The molecule has 0 saturated heterocycles. The van der Waals surface area contributed by atoms with Crippen molar-refractivity contribution in [3.63, 3.8) is 0 Å². The zero-order valence-electron chi connectivity index (χ0n) is 12.7. The minimum atomic E-state index is -0.894. The number of nitrogens with zero attached hydrogens (tertiary/aromatic N) is 2. The highest BCUT2D eigenvalue weighted by molar-refractivity contribution is 5.82. The van der Waals surface area contributed by atoms with Gasteiger partial charge in [-0.15, -0.1) is 0 Å². The Bertz CT molecular complexity index is 661. The summed E-state index contributed by atoms with van der Waals surface area (Å²) < 4.78 is 12.3. The molecule has 1 aromatic heterocycles. The molecule has 2 aromatic rings. The molecule has 0 aliphatic rings. The molecule has 0 radical (unpaired) electrons. The van der Waals surface area contributed by atoms with Gasteiger partial charge in [-0.2, -0.15) is 0 Å². The number of carbonyl (C=O) groups is 1. The van der Waals surface area contributed by atoms with Crippen molar-refractivity contribution in [2.75, 3.05) is 14.2 Å². The second-order valence-corrected chi connectivity index (χ2v) is 5.30. The lowest BCUT2D eigenvalue weighted by molar-refractivity contribution is -0.137. The number of rotatable bonds is 6. The van der Waals surface area contributed by atoms with E-state index in [1.165, 1.54) is 0 Å². The summed E-state index contributed by atoms with van der Waals surface area (Å²) in [5.74, 6) is 1.40. The van der Waals surface area contributed by atoms with Crippen LogP contribution in [-0.2, 0) is 17.8 Å². The molecule has 2 rings (SSSR count). The van der Waals surface area contributed by atoms with E-state index in [9.17, 15) is 4.79 Å². The maximum Gasteiger partial charge on any atom is 0.323 e. The zero-order chi connectivity index (χ0) is 15.6. The number of fused-ring (bicyclic) bond motifs is 1. The van der Waals surface area contributed by atoms with E-state index in [4.69, 9.17) is 14.6 Å². The number of carboxylic acids is 1. The first-order chi connectivity index (χ1) is 9.96. The molecule has 1 N–H and O–H groups in total. The van der Waals surface area contributed by atoms with E-state index in [-0.39, 0.29) is 6.54 Å². The Kier molecular flexibility index (Phi) is 4.35. The Morgan fingerprint density at radius 1 is 1.29 bits per heavy atom. The predicted molar refractivity (Wildman–Crippen MR) is 79.0 cm³/mol. The highest BCUT2D eigenvalue weighted by atomic mass is 16.5. The maximum atomic E-state index is 11.1. The summed E-state index contributed by atoms with van der Waals surface area (Å²) in [6.07, 6.45) is 0.715.